The van der Waals surface area contributed by atoms with E-state index in [2.05, 4.69) is 4.57 Å². The van der Waals surface area contributed by atoms with Crippen molar-refractivity contribution < 1.29 is 4.74 Å². The molecule has 2 rings (SSSR count). The fourth-order valence-corrected chi connectivity index (χ4v) is 2.35. The zero-order valence-corrected chi connectivity index (χ0v) is 12.1. The molecular weight excluding hydrogens is 252 g/mol. The van der Waals surface area contributed by atoms with Gasteiger partial charge in [-0.05, 0) is 38.5 Å². The molecule has 0 aromatic carbocycles. The molecule has 0 saturated carbocycles. The maximum Gasteiger partial charge on any atom is 0.187 e. The van der Waals surface area contributed by atoms with Gasteiger partial charge in [-0.3, -0.25) is 4.79 Å². The summed E-state index contributed by atoms with van der Waals surface area (Å²) in [6.07, 6.45) is 11.0. The summed E-state index contributed by atoms with van der Waals surface area (Å²) >= 11 is 0. The Morgan fingerprint density at radius 1 is 1.55 bits per heavy atom. The number of nitrogens with zero attached hydrogens (tertiary/aromatic N) is 1. The molecule has 0 spiro atoms. The molecule has 1 unspecified atom stereocenters. The van der Waals surface area contributed by atoms with Crippen molar-refractivity contribution in [3.05, 3.63) is 57.7 Å². The Hall–Kier alpha value is -1.81. The van der Waals surface area contributed by atoms with Crippen LogP contribution in [-0.4, -0.2) is 17.8 Å². The van der Waals surface area contributed by atoms with Gasteiger partial charge >= 0.3 is 0 Å². The first-order valence-electron chi connectivity index (χ1n) is 6.96. The molecule has 1 aromatic rings. The SMILES string of the molecule is CC(/C=C\Cc1cn(C2CCOC2)cc(C)c1=O)=C/N. The predicted octanol–water partition coefficient (Wildman–Crippen LogP) is 2.08. The van der Waals surface area contributed by atoms with E-state index in [1.54, 1.807) is 6.20 Å². The van der Waals surface area contributed by atoms with Crippen LogP contribution in [0.15, 0.2) is 41.1 Å². The maximum absolute atomic E-state index is 12.2. The summed E-state index contributed by atoms with van der Waals surface area (Å²) in [7, 11) is 0. The topological polar surface area (TPSA) is 57.2 Å². The smallest absolute Gasteiger partial charge is 0.187 e. The molecule has 1 aromatic heterocycles. The summed E-state index contributed by atoms with van der Waals surface area (Å²) in [6, 6.07) is 0.350. The largest absolute Gasteiger partial charge is 0.404 e. The zero-order chi connectivity index (χ0) is 14.5. The molecule has 108 valence electrons. The fourth-order valence-electron chi connectivity index (χ4n) is 2.35. The van der Waals surface area contributed by atoms with E-state index in [0.29, 0.717) is 12.5 Å². The molecule has 1 aliphatic rings. The molecule has 2 N–H and O–H groups in total. The van der Waals surface area contributed by atoms with E-state index in [-0.39, 0.29) is 5.43 Å². The van der Waals surface area contributed by atoms with Crippen LogP contribution >= 0.6 is 0 Å². The normalized spacial score (nSPS) is 19.9. The third kappa shape index (κ3) is 3.39. The van der Waals surface area contributed by atoms with Crippen molar-refractivity contribution in [3.63, 3.8) is 0 Å². The predicted molar refractivity (Wildman–Crippen MR) is 80.7 cm³/mol. The van der Waals surface area contributed by atoms with Gasteiger partial charge in [-0.2, -0.15) is 0 Å². The van der Waals surface area contributed by atoms with Gasteiger partial charge < -0.3 is 15.0 Å². The number of rotatable bonds is 4. The van der Waals surface area contributed by atoms with Gasteiger partial charge in [0, 0.05) is 30.1 Å². The van der Waals surface area contributed by atoms with Crippen molar-refractivity contribution in [3.8, 4) is 0 Å². The van der Waals surface area contributed by atoms with Crippen molar-refractivity contribution in [1.82, 2.24) is 4.57 Å². The number of aryl methyl sites for hydroxylation is 1. The van der Waals surface area contributed by atoms with E-state index >= 15 is 0 Å². The van der Waals surface area contributed by atoms with Crippen LogP contribution in [0, 0.1) is 6.92 Å². The van der Waals surface area contributed by atoms with Crippen LogP contribution < -0.4 is 11.2 Å². The summed E-state index contributed by atoms with van der Waals surface area (Å²) in [5, 5.41) is 0. The van der Waals surface area contributed by atoms with E-state index in [1.165, 1.54) is 0 Å². The van der Waals surface area contributed by atoms with Crippen molar-refractivity contribution in [2.75, 3.05) is 13.2 Å². The Morgan fingerprint density at radius 2 is 2.35 bits per heavy atom. The molecule has 1 aliphatic heterocycles. The summed E-state index contributed by atoms with van der Waals surface area (Å²) in [5.74, 6) is 0. The second-order valence-electron chi connectivity index (χ2n) is 5.28. The number of hydrogen-bond donors (Lipinski definition) is 1. The molecule has 4 heteroatoms. The minimum atomic E-state index is 0.124. The molecule has 4 nitrogen and oxygen atoms in total. The molecule has 20 heavy (non-hydrogen) atoms. The van der Waals surface area contributed by atoms with Gasteiger partial charge in [0.1, 0.15) is 0 Å². The van der Waals surface area contributed by atoms with Crippen molar-refractivity contribution in [2.24, 2.45) is 5.73 Å². The van der Waals surface area contributed by atoms with Gasteiger partial charge in [-0.15, -0.1) is 0 Å². The van der Waals surface area contributed by atoms with Gasteiger partial charge in [0.15, 0.2) is 5.43 Å². The average Bonchev–Trinajstić information content (AvgIpc) is 2.97. The van der Waals surface area contributed by atoms with Gasteiger partial charge in [-0.1, -0.05) is 12.2 Å². The van der Waals surface area contributed by atoms with E-state index in [4.69, 9.17) is 10.5 Å². The third-order valence-electron chi connectivity index (χ3n) is 3.61. The molecule has 0 amide bonds. The number of ether oxygens (including phenoxy) is 1. The van der Waals surface area contributed by atoms with Crippen molar-refractivity contribution >= 4 is 0 Å². The number of hydrogen-bond acceptors (Lipinski definition) is 3. The lowest BCUT2D eigenvalue weighted by Gasteiger charge is -2.15. The highest BCUT2D eigenvalue weighted by molar-refractivity contribution is 5.23. The van der Waals surface area contributed by atoms with Gasteiger partial charge in [0.2, 0.25) is 0 Å². The first kappa shape index (κ1) is 14.6. The Kier molecular flexibility index (Phi) is 4.79. The fraction of sp³-hybridized carbons (Fsp3) is 0.438. The standard InChI is InChI=1S/C16H22N2O2/c1-12(8-17)4-3-5-14-10-18(9-13(2)16(14)19)15-6-7-20-11-15/h3-4,8-10,15H,5-7,11,17H2,1-2H3/b4-3-,12-8-. The average molecular weight is 274 g/mol. The van der Waals surface area contributed by atoms with Crippen LogP contribution in [0.25, 0.3) is 0 Å². The molecule has 1 atom stereocenters. The Morgan fingerprint density at radius 3 is 3.00 bits per heavy atom. The Balaban J connectivity index is 2.23. The summed E-state index contributed by atoms with van der Waals surface area (Å²) in [5.41, 5.74) is 8.14. The Bertz CT molecular complexity index is 579. The third-order valence-corrected chi connectivity index (χ3v) is 3.61. The zero-order valence-electron chi connectivity index (χ0n) is 12.1. The van der Waals surface area contributed by atoms with Crippen LogP contribution in [0.4, 0.5) is 0 Å². The van der Waals surface area contributed by atoms with Gasteiger partial charge in [0.05, 0.1) is 12.6 Å². The van der Waals surface area contributed by atoms with Crippen molar-refractivity contribution in [2.45, 2.75) is 32.7 Å². The van der Waals surface area contributed by atoms with Crippen LogP contribution in [0.2, 0.25) is 0 Å². The van der Waals surface area contributed by atoms with E-state index in [9.17, 15) is 4.79 Å². The Labute approximate surface area is 119 Å². The summed E-state index contributed by atoms with van der Waals surface area (Å²) in [4.78, 5) is 12.2. The summed E-state index contributed by atoms with van der Waals surface area (Å²) in [6.45, 7) is 5.33. The first-order chi connectivity index (χ1) is 9.61. The molecule has 0 bridgehead atoms. The lowest BCUT2D eigenvalue weighted by atomic mass is 10.1. The van der Waals surface area contributed by atoms with Gasteiger partial charge in [0.25, 0.3) is 0 Å². The number of aromatic nitrogens is 1. The highest BCUT2D eigenvalue weighted by atomic mass is 16.5. The van der Waals surface area contributed by atoms with Crippen LogP contribution in [0.3, 0.4) is 0 Å². The first-order valence-corrected chi connectivity index (χ1v) is 6.96. The molecule has 2 heterocycles. The molecular formula is C16H22N2O2. The maximum atomic E-state index is 12.2. The van der Waals surface area contributed by atoms with Gasteiger partial charge in [-0.25, -0.2) is 0 Å². The second kappa shape index (κ2) is 6.57. The summed E-state index contributed by atoms with van der Waals surface area (Å²) < 4.78 is 7.54. The molecule has 0 aliphatic carbocycles. The van der Waals surface area contributed by atoms with Crippen molar-refractivity contribution in [1.29, 1.82) is 0 Å². The number of allylic oxidation sites excluding steroid dienone is 3. The van der Waals surface area contributed by atoms with Crippen LogP contribution in [-0.2, 0) is 11.2 Å². The quantitative estimate of drug-likeness (QED) is 0.855. The van der Waals surface area contributed by atoms with E-state index < -0.39 is 0 Å². The lowest BCUT2D eigenvalue weighted by molar-refractivity contribution is 0.186. The lowest BCUT2D eigenvalue weighted by Crippen LogP contribution is -2.18. The van der Waals surface area contributed by atoms with Crippen LogP contribution in [0.1, 0.15) is 30.5 Å². The minimum absolute atomic E-state index is 0.124. The number of pyridine rings is 1. The monoisotopic (exact) mass is 274 g/mol. The minimum Gasteiger partial charge on any atom is -0.404 e. The molecule has 1 fully saturated rings. The highest BCUT2D eigenvalue weighted by Crippen LogP contribution is 2.19. The van der Waals surface area contributed by atoms with Crippen LogP contribution in [0.5, 0.6) is 0 Å². The second-order valence-corrected chi connectivity index (χ2v) is 5.28. The molecule has 0 radical (unpaired) electrons. The molecule has 1 saturated heterocycles. The highest BCUT2D eigenvalue weighted by Gasteiger charge is 2.17. The van der Waals surface area contributed by atoms with E-state index in [1.807, 2.05) is 38.4 Å². The number of nitrogens with two attached hydrogens (primary N) is 1. The van der Waals surface area contributed by atoms with E-state index in [0.717, 1.165) is 36.3 Å².